The lowest BCUT2D eigenvalue weighted by atomic mass is 9.82. The van der Waals surface area contributed by atoms with Gasteiger partial charge >= 0.3 is 6.03 Å². The van der Waals surface area contributed by atoms with E-state index < -0.39 is 11.6 Å². The fourth-order valence-electron chi connectivity index (χ4n) is 3.91. The molecule has 152 valence electrons. The maximum Gasteiger partial charge on any atom is 0.325 e. The summed E-state index contributed by atoms with van der Waals surface area (Å²) >= 11 is 1.50. The highest BCUT2D eigenvalue weighted by atomic mass is 32.1. The molecule has 1 fully saturated rings. The van der Waals surface area contributed by atoms with Gasteiger partial charge in [-0.15, -0.1) is 11.3 Å². The zero-order valence-corrected chi connectivity index (χ0v) is 17.4. The molecule has 0 bridgehead atoms. The summed E-state index contributed by atoms with van der Waals surface area (Å²) in [7, 11) is 0. The maximum absolute atomic E-state index is 13.7. The van der Waals surface area contributed by atoms with E-state index in [4.69, 9.17) is 0 Å². The van der Waals surface area contributed by atoms with Crippen LogP contribution in [0.15, 0.2) is 96.4 Å². The van der Waals surface area contributed by atoms with Gasteiger partial charge in [0.25, 0.3) is 5.91 Å². The second kappa shape index (κ2) is 7.81. The van der Waals surface area contributed by atoms with Crippen LogP contribution in [0.5, 0.6) is 0 Å². The van der Waals surface area contributed by atoms with E-state index in [2.05, 4.69) is 10.3 Å². The van der Waals surface area contributed by atoms with Crippen LogP contribution in [-0.4, -0.2) is 21.8 Å². The van der Waals surface area contributed by atoms with Crippen LogP contribution in [0, 0.1) is 0 Å². The Morgan fingerprint density at radius 2 is 1.35 bits per heavy atom. The zero-order chi connectivity index (χ0) is 21.3. The van der Waals surface area contributed by atoms with E-state index in [1.165, 1.54) is 16.2 Å². The number of hydrogen-bond donors (Lipinski definition) is 1. The Labute approximate surface area is 184 Å². The summed E-state index contributed by atoms with van der Waals surface area (Å²) in [5.41, 5.74) is 1.90. The Morgan fingerprint density at radius 3 is 1.94 bits per heavy atom. The van der Waals surface area contributed by atoms with E-state index in [1.54, 1.807) is 0 Å². The molecule has 0 radical (unpaired) electrons. The lowest BCUT2D eigenvalue weighted by Crippen LogP contribution is -2.45. The molecule has 31 heavy (non-hydrogen) atoms. The van der Waals surface area contributed by atoms with Crippen molar-refractivity contribution in [2.45, 2.75) is 12.1 Å². The topological polar surface area (TPSA) is 62.3 Å². The third kappa shape index (κ3) is 3.31. The molecule has 0 unspecified atom stereocenters. The van der Waals surface area contributed by atoms with Gasteiger partial charge in [0, 0.05) is 10.9 Å². The average Bonchev–Trinajstić information content (AvgIpc) is 3.40. The van der Waals surface area contributed by atoms with Crippen LogP contribution in [0.1, 0.15) is 16.8 Å². The molecule has 1 N–H and O–H groups in total. The number of hydrogen-bond acceptors (Lipinski definition) is 4. The van der Waals surface area contributed by atoms with E-state index in [0.717, 1.165) is 21.7 Å². The number of imide groups is 1. The number of carbonyl (C=O) groups excluding carboxylic acids is 2. The summed E-state index contributed by atoms with van der Waals surface area (Å²) in [6.07, 6.45) is 0. The van der Waals surface area contributed by atoms with Gasteiger partial charge in [-0.1, -0.05) is 91.0 Å². The zero-order valence-electron chi connectivity index (χ0n) is 16.6. The van der Waals surface area contributed by atoms with Crippen molar-refractivity contribution in [1.82, 2.24) is 15.2 Å². The summed E-state index contributed by atoms with van der Waals surface area (Å²) in [6.45, 7) is 0.120. The Kier molecular flexibility index (Phi) is 4.84. The number of carbonyl (C=O) groups is 2. The average molecular weight is 426 g/mol. The van der Waals surface area contributed by atoms with E-state index in [-0.39, 0.29) is 12.5 Å². The number of nitrogens with zero attached hydrogens (tertiary/aromatic N) is 2. The monoisotopic (exact) mass is 425 g/mol. The fourth-order valence-corrected chi connectivity index (χ4v) is 4.73. The quantitative estimate of drug-likeness (QED) is 0.467. The molecular formula is C25H19N3O2S. The molecule has 6 heteroatoms. The normalized spacial score (nSPS) is 15.2. The Bertz CT molecular complexity index is 1180. The molecular weight excluding hydrogens is 406 g/mol. The van der Waals surface area contributed by atoms with Crippen molar-refractivity contribution in [3.63, 3.8) is 0 Å². The Balaban J connectivity index is 1.50. The number of urea groups is 1. The van der Waals surface area contributed by atoms with E-state index in [9.17, 15) is 9.59 Å². The summed E-state index contributed by atoms with van der Waals surface area (Å²) in [4.78, 5) is 32.6. The van der Waals surface area contributed by atoms with Crippen LogP contribution in [0.3, 0.4) is 0 Å². The predicted octanol–water partition coefficient (Wildman–Crippen LogP) is 4.81. The predicted molar refractivity (Wildman–Crippen MR) is 120 cm³/mol. The summed E-state index contributed by atoms with van der Waals surface area (Å²) in [5.74, 6) is -0.302. The minimum atomic E-state index is -1.25. The van der Waals surface area contributed by atoms with Crippen molar-refractivity contribution in [2.75, 3.05) is 0 Å². The third-order valence-corrected chi connectivity index (χ3v) is 6.35. The number of rotatable bonds is 5. The number of aromatic nitrogens is 1. The van der Waals surface area contributed by atoms with Gasteiger partial charge in [0.15, 0.2) is 5.54 Å². The lowest BCUT2D eigenvalue weighted by molar-refractivity contribution is -0.130. The SMILES string of the molecule is O=C1NC(c2ccccc2)(c2ccccc2)C(=O)N1Cc1csc(-c2ccccc2)n1. The molecule has 0 aliphatic carbocycles. The largest absolute Gasteiger partial charge is 0.325 e. The number of thiazole rings is 1. The Hall–Kier alpha value is -3.77. The molecule has 5 rings (SSSR count). The second-order valence-corrected chi connectivity index (χ2v) is 8.17. The maximum atomic E-state index is 13.7. The molecule has 5 nitrogen and oxygen atoms in total. The third-order valence-electron chi connectivity index (χ3n) is 5.41. The first-order chi connectivity index (χ1) is 15.2. The molecule has 2 heterocycles. The van der Waals surface area contributed by atoms with Gasteiger partial charge in [-0.2, -0.15) is 0 Å². The first kappa shape index (κ1) is 19.2. The van der Waals surface area contributed by atoms with Gasteiger partial charge in [0.1, 0.15) is 5.01 Å². The van der Waals surface area contributed by atoms with Crippen LogP contribution in [0.4, 0.5) is 4.79 Å². The molecule has 1 aliphatic heterocycles. The minimum absolute atomic E-state index is 0.120. The van der Waals surface area contributed by atoms with Crippen LogP contribution >= 0.6 is 11.3 Å². The van der Waals surface area contributed by atoms with Crippen molar-refractivity contribution < 1.29 is 9.59 Å². The number of benzene rings is 3. The summed E-state index contributed by atoms with van der Waals surface area (Å²) in [5, 5.41) is 5.73. The van der Waals surface area contributed by atoms with Gasteiger partial charge in [-0.25, -0.2) is 9.78 Å². The fraction of sp³-hybridized carbons (Fsp3) is 0.0800. The van der Waals surface area contributed by atoms with Crippen LogP contribution in [0.2, 0.25) is 0 Å². The highest BCUT2D eigenvalue weighted by Gasteiger charge is 2.53. The Morgan fingerprint density at radius 1 is 0.806 bits per heavy atom. The van der Waals surface area contributed by atoms with Gasteiger partial charge < -0.3 is 5.32 Å². The van der Waals surface area contributed by atoms with Gasteiger partial charge in [0.2, 0.25) is 0 Å². The first-order valence-corrected chi connectivity index (χ1v) is 10.8. The number of amides is 3. The molecule has 1 saturated heterocycles. The van der Waals surface area contributed by atoms with Crippen LogP contribution < -0.4 is 5.32 Å². The van der Waals surface area contributed by atoms with Gasteiger partial charge in [-0.3, -0.25) is 9.69 Å². The van der Waals surface area contributed by atoms with Crippen molar-refractivity contribution >= 4 is 23.3 Å². The van der Waals surface area contributed by atoms with Crippen molar-refractivity contribution in [3.05, 3.63) is 113 Å². The lowest BCUT2D eigenvalue weighted by Gasteiger charge is -2.27. The van der Waals surface area contributed by atoms with Crippen LogP contribution in [-0.2, 0) is 16.9 Å². The first-order valence-electron chi connectivity index (χ1n) is 9.93. The van der Waals surface area contributed by atoms with E-state index in [1.807, 2.05) is 96.4 Å². The minimum Gasteiger partial charge on any atom is -0.315 e. The highest BCUT2D eigenvalue weighted by molar-refractivity contribution is 7.13. The van der Waals surface area contributed by atoms with Crippen LogP contribution in [0.25, 0.3) is 10.6 Å². The summed E-state index contributed by atoms with van der Waals surface area (Å²) in [6, 6.07) is 28.2. The second-order valence-electron chi connectivity index (χ2n) is 7.31. The highest BCUT2D eigenvalue weighted by Crippen LogP contribution is 2.36. The number of nitrogens with one attached hydrogen (secondary N) is 1. The van der Waals surface area contributed by atoms with Crippen molar-refractivity contribution in [3.8, 4) is 10.6 Å². The van der Waals surface area contributed by atoms with E-state index >= 15 is 0 Å². The van der Waals surface area contributed by atoms with E-state index in [0.29, 0.717) is 5.69 Å². The van der Waals surface area contributed by atoms with Crippen molar-refractivity contribution in [1.29, 1.82) is 0 Å². The van der Waals surface area contributed by atoms with Gasteiger partial charge in [0.05, 0.1) is 12.2 Å². The molecule has 0 spiro atoms. The standard InChI is InChI=1S/C25H19N3O2S/c29-23-25(19-12-6-2-7-13-19,20-14-8-3-9-15-20)27-24(30)28(23)16-21-17-31-22(26-21)18-10-4-1-5-11-18/h1-15,17H,16H2,(H,27,30). The molecule has 4 aromatic rings. The molecule has 0 atom stereocenters. The molecule has 0 saturated carbocycles. The smallest absolute Gasteiger partial charge is 0.315 e. The molecule has 3 aromatic carbocycles. The van der Waals surface area contributed by atoms with Gasteiger partial charge in [-0.05, 0) is 11.1 Å². The molecule has 1 aromatic heterocycles. The molecule has 1 aliphatic rings. The molecule has 3 amide bonds. The summed E-state index contributed by atoms with van der Waals surface area (Å²) < 4.78 is 0. The van der Waals surface area contributed by atoms with Crippen molar-refractivity contribution in [2.24, 2.45) is 0 Å².